The normalized spacial score (nSPS) is 11.9. The molecule has 0 aliphatic carbocycles. The molecule has 0 aliphatic rings. The van der Waals surface area contributed by atoms with Gasteiger partial charge in [-0.05, 0) is 49.1 Å². The molecule has 1 atom stereocenters. The zero-order valence-corrected chi connectivity index (χ0v) is 17.7. The van der Waals surface area contributed by atoms with Gasteiger partial charge >= 0.3 is 0 Å². The number of quaternary nitrogens is 1. The maximum atomic E-state index is 12.5. The second-order valence-corrected chi connectivity index (χ2v) is 7.69. The monoisotopic (exact) mass is 402 g/mol. The summed E-state index contributed by atoms with van der Waals surface area (Å²) in [5, 5.41) is 6.45. The summed E-state index contributed by atoms with van der Waals surface area (Å²) in [7, 11) is 0. The number of amides is 2. The minimum Gasteiger partial charge on any atom is -0.321 e. The zero-order valence-electron chi connectivity index (χ0n) is 16.9. The Kier molecular flexibility index (Phi) is 8.03. The zero-order chi connectivity index (χ0) is 20.7. The number of nitrogens with one attached hydrogen (secondary N) is 3. The van der Waals surface area contributed by atoms with Crippen LogP contribution in [0.5, 0.6) is 0 Å². The highest BCUT2D eigenvalue weighted by molar-refractivity contribution is 6.31. The lowest BCUT2D eigenvalue weighted by atomic mass is 10.0. The van der Waals surface area contributed by atoms with Gasteiger partial charge in [0, 0.05) is 16.4 Å². The average Bonchev–Trinajstić information content (AvgIpc) is 2.64. The van der Waals surface area contributed by atoms with Crippen LogP contribution in [0, 0.1) is 6.92 Å². The maximum Gasteiger partial charge on any atom is 0.279 e. The first-order valence-corrected chi connectivity index (χ1v) is 9.96. The number of anilines is 2. The second-order valence-electron chi connectivity index (χ2n) is 7.25. The maximum absolute atomic E-state index is 12.5. The number of hydrogen-bond acceptors (Lipinski definition) is 2. The van der Waals surface area contributed by atoms with E-state index in [-0.39, 0.29) is 24.9 Å². The molecule has 2 aromatic carbocycles. The average molecular weight is 403 g/mol. The lowest BCUT2D eigenvalue weighted by Crippen LogP contribution is -3.13. The Morgan fingerprint density at radius 3 is 2.21 bits per heavy atom. The minimum absolute atomic E-state index is 0.100. The Hall–Kier alpha value is -2.37. The fraction of sp³-hybridized carbons (Fsp3) is 0.364. The van der Waals surface area contributed by atoms with E-state index in [9.17, 15) is 9.59 Å². The van der Waals surface area contributed by atoms with E-state index >= 15 is 0 Å². The molecule has 0 saturated heterocycles. The van der Waals surface area contributed by atoms with Crippen LogP contribution < -0.4 is 15.5 Å². The molecule has 1 unspecified atom stereocenters. The van der Waals surface area contributed by atoms with Crippen molar-refractivity contribution < 1.29 is 14.5 Å². The number of likely N-dealkylation sites (N-methyl/N-ethyl adjacent to an activating group) is 1. The SMILES string of the molecule is CC[NH+](CC(=O)Nc1cc(Cl)ccc1C)CC(=O)Nc1ccccc1C(C)C. The molecule has 6 heteroatoms. The molecular formula is C22H29ClN3O2+. The number of aryl methyl sites for hydroxylation is 1. The van der Waals surface area contributed by atoms with Crippen LogP contribution in [0.1, 0.15) is 37.8 Å². The summed E-state index contributed by atoms with van der Waals surface area (Å²) in [6.45, 7) is 9.17. The molecule has 0 spiro atoms. The quantitative estimate of drug-likeness (QED) is 0.634. The predicted molar refractivity (Wildman–Crippen MR) is 115 cm³/mol. The molecular weight excluding hydrogens is 374 g/mol. The lowest BCUT2D eigenvalue weighted by molar-refractivity contribution is -0.881. The molecule has 0 saturated carbocycles. The fourth-order valence-electron chi connectivity index (χ4n) is 3.00. The Morgan fingerprint density at radius 2 is 1.61 bits per heavy atom. The van der Waals surface area contributed by atoms with Gasteiger partial charge < -0.3 is 15.5 Å². The van der Waals surface area contributed by atoms with Crippen LogP contribution >= 0.6 is 11.6 Å². The molecule has 0 aromatic heterocycles. The Morgan fingerprint density at radius 1 is 1.00 bits per heavy atom. The van der Waals surface area contributed by atoms with E-state index < -0.39 is 0 Å². The number of rotatable bonds is 8. The van der Waals surface area contributed by atoms with E-state index in [1.807, 2.05) is 44.2 Å². The van der Waals surface area contributed by atoms with Crippen LogP contribution in [0.4, 0.5) is 11.4 Å². The van der Waals surface area contributed by atoms with Crippen LogP contribution in [-0.4, -0.2) is 31.4 Å². The molecule has 0 aliphatic heterocycles. The third-order valence-corrected chi connectivity index (χ3v) is 4.89. The van der Waals surface area contributed by atoms with E-state index in [4.69, 9.17) is 11.6 Å². The molecule has 0 heterocycles. The minimum atomic E-state index is -0.141. The van der Waals surface area contributed by atoms with Crippen LogP contribution in [0.3, 0.4) is 0 Å². The van der Waals surface area contributed by atoms with Crippen molar-refractivity contribution in [2.45, 2.75) is 33.6 Å². The van der Waals surface area contributed by atoms with Crippen LogP contribution in [0.15, 0.2) is 42.5 Å². The number of benzene rings is 2. The molecule has 0 bridgehead atoms. The van der Waals surface area contributed by atoms with Gasteiger partial charge in [-0.25, -0.2) is 0 Å². The van der Waals surface area contributed by atoms with Gasteiger partial charge in [-0.3, -0.25) is 9.59 Å². The van der Waals surface area contributed by atoms with Crippen LogP contribution in [0.25, 0.3) is 0 Å². The van der Waals surface area contributed by atoms with Gasteiger partial charge in [-0.2, -0.15) is 0 Å². The first kappa shape index (κ1) is 21.9. The van der Waals surface area contributed by atoms with Crippen molar-refractivity contribution in [3.8, 4) is 0 Å². The van der Waals surface area contributed by atoms with Gasteiger partial charge in [0.1, 0.15) is 0 Å². The van der Waals surface area contributed by atoms with E-state index in [2.05, 4.69) is 24.5 Å². The Balaban J connectivity index is 1.95. The van der Waals surface area contributed by atoms with Crippen molar-refractivity contribution in [2.24, 2.45) is 0 Å². The van der Waals surface area contributed by atoms with Crippen molar-refractivity contribution in [1.29, 1.82) is 0 Å². The molecule has 5 nitrogen and oxygen atoms in total. The van der Waals surface area contributed by atoms with Gasteiger partial charge in [0.2, 0.25) is 0 Å². The number of carbonyl (C=O) groups is 2. The largest absolute Gasteiger partial charge is 0.321 e. The van der Waals surface area contributed by atoms with Gasteiger partial charge in [-0.15, -0.1) is 0 Å². The van der Waals surface area contributed by atoms with E-state index in [1.54, 1.807) is 12.1 Å². The molecule has 0 radical (unpaired) electrons. The highest BCUT2D eigenvalue weighted by Gasteiger charge is 2.18. The first-order valence-electron chi connectivity index (χ1n) is 9.58. The van der Waals surface area contributed by atoms with Gasteiger partial charge in [0.25, 0.3) is 11.8 Å². The Bertz CT molecular complexity index is 836. The van der Waals surface area contributed by atoms with E-state index in [0.717, 1.165) is 21.7 Å². The standard InChI is InChI=1S/C22H28ClN3O2/c1-5-26(14-22(28)25-20-12-17(23)11-10-16(20)4)13-21(27)24-19-9-7-6-8-18(19)15(2)3/h6-12,15H,5,13-14H2,1-4H3,(H,24,27)(H,25,28)/p+1. The van der Waals surface area contributed by atoms with E-state index in [1.165, 1.54) is 0 Å². The van der Waals surface area contributed by atoms with Crippen LogP contribution in [0.2, 0.25) is 5.02 Å². The number of hydrogen-bond donors (Lipinski definition) is 3. The first-order chi connectivity index (χ1) is 13.3. The second kappa shape index (κ2) is 10.2. The number of halogens is 1. The van der Waals surface area contributed by atoms with Crippen molar-refractivity contribution in [3.63, 3.8) is 0 Å². The highest BCUT2D eigenvalue weighted by atomic mass is 35.5. The summed E-state index contributed by atoms with van der Waals surface area (Å²) in [5.74, 6) is 0.0760. The summed E-state index contributed by atoms with van der Waals surface area (Å²) < 4.78 is 0. The van der Waals surface area contributed by atoms with Crippen LogP contribution in [-0.2, 0) is 9.59 Å². The van der Waals surface area contributed by atoms with Crippen molar-refractivity contribution in [1.82, 2.24) is 0 Å². The third kappa shape index (κ3) is 6.36. The fourth-order valence-corrected chi connectivity index (χ4v) is 3.17. The van der Waals surface area contributed by atoms with Crippen molar-refractivity contribution in [2.75, 3.05) is 30.3 Å². The van der Waals surface area contributed by atoms with Crippen molar-refractivity contribution >= 4 is 34.8 Å². The molecule has 0 fully saturated rings. The summed E-state index contributed by atoms with van der Waals surface area (Å²) in [6, 6.07) is 13.2. The van der Waals surface area contributed by atoms with Gasteiger partial charge in [0.05, 0.1) is 6.54 Å². The smallest absolute Gasteiger partial charge is 0.279 e. The number of carbonyl (C=O) groups excluding carboxylic acids is 2. The molecule has 28 heavy (non-hydrogen) atoms. The molecule has 2 rings (SSSR count). The molecule has 2 amide bonds. The van der Waals surface area contributed by atoms with Gasteiger partial charge in [-0.1, -0.05) is 49.7 Å². The summed E-state index contributed by atoms with van der Waals surface area (Å²) in [5.41, 5.74) is 3.57. The topological polar surface area (TPSA) is 62.6 Å². The Labute approximate surface area is 172 Å². The molecule has 2 aromatic rings. The molecule has 150 valence electrons. The summed E-state index contributed by atoms with van der Waals surface area (Å²) in [6.07, 6.45) is 0. The predicted octanol–water partition coefficient (Wildman–Crippen LogP) is 3.25. The highest BCUT2D eigenvalue weighted by Crippen LogP contribution is 2.23. The molecule has 3 N–H and O–H groups in total. The van der Waals surface area contributed by atoms with Crippen molar-refractivity contribution in [3.05, 3.63) is 58.6 Å². The van der Waals surface area contributed by atoms with E-state index in [0.29, 0.717) is 23.2 Å². The summed E-state index contributed by atoms with van der Waals surface area (Å²) in [4.78, 5) is 25.8. The third-order valence-electron chi connectivity index (χ3n) is 4.65. The van der Waals surface area contributed by atoms with Gasteiger partial charge in [0.15, 0.2) is 13.1 Å². The lowest BCUT2D eigenvalue weighted by Gasteiger charge is -2.18. The summed E-state index contributed by atoms with van der Waals surface area (Å²) >= 11 is 6.00. The number of para-hydroxylation sites is 1.